The van der Waals surface area contributed by atoms with Crippen LogP contribution in [0, 0.1) is 11.3 Å². The highest BCUT2D eigenvalue weighted by molar-refractivity contribution is 6.32. The first-order chi connectivity index (χ1) is 14.6. The molecule has 0 aliphatic carbocycles. The fourth-order valence-corrected chi connectivity index (χ4v) is 4.09. The van der Waals surface area contributed by atoms with Crippen molar-refractivity contribution in [3.05, 3.63) is 58.7 Å². The Hall–Kier alpha value is -2.92. The molecule has 0 amide bonds. The Morgan fingerprint density at radius 2 is 2.20 bits per heavy atom. The van der Waals surface area contributed by atoms with Crippen molar-refractivity contribution in [2.45, 2.75) is 31.7 Å². The third-order valence-corrected chi connectivity index (χ3v) is 5.72. The van der Waals surface area contributed by atoms with E-state index < -0.39 is 6.23 Å². The summed E-state index contributed by atoms with van der Waals surface area (Å²) in [5.74, 6) is 1.30. The number of halogens is 1. The zero-order valence-corrected chi connectivity index (χ0v) is 17.3. The van der Waals surface area contributed by atoms with Crippen LogP contribution in [0.15, 0.2) is 42.6 Å². The number of fused-ring (bicyclic) bond motifs is 1. The summed E-state index contributed by atoms with van der Waals surface area (Å²) in [7, 11) is 1.59. The number of rotatable bonds is 5. The lowest BCUT2D eigenvalue weighted by molar-refractivity contribution is 0.121. The summed E-state index contributed by atoms with van der Waals surface area (Å²) >= 11 is 6.20. The number of ether oxygens (including phenoxy) is 1. The largest absolute Gasteiger partial charge is 0.495 e. The molecule has 3 aromatic rings. The van der Waals surface area contributed by atoms with Crippen LogP contribution < -0.4 is 15.0 Å². The van der Waals surface area contributed by atoms with E-state index in [1.165, 1.54) is 0 Å². The molecule has 1 saturated heterocycles. The molecule has 30 heavy (non-hydrogen) atoms. The van der Waals surface area contributed by atoms with Crippen molar-refractivity contribution < 1.29 is 9.84 Å². The third-order valence-electron chi connectivity index (χ3n) is 5.43. The Morgan fingerprint density at radius 1 is 1.33 bits per heavy atom. The van der Waals surface area contributed by atoms with Crippen LogP contribution in [0.4, 0.5) is 5.82 Å². The van der Waals surface area contributed by atoms with E-state index >= 15 is 0 Å². The van der Waals surface area contributed by atoms with E-state index in [4.69, 9.17) is 21.6 Å². The first kappa shape index (κ1) is 20.4. The zero-order valence-electron chi connectivity index (χ0n) is 16.5. The molecule has 0 bridgehead atoms. The maximum atomic E-state index is 10.8. The normalized spacial score (nSPS) is 18.9. The SMILES string of the molecule is COc1ccc(CNC2CCN(c3nncc4cc(C#N)ccc34)C(O)C2)cc1Cl. The van der Waals surface area contributed by atoms with Gasteiger partial charge in [0.2, 0.25) is 0 Å². The molecule has 2 N–H and O–H groups in total. The highest BCUT2D eigenvalue weighted by atomic mass is 35.5. The van der Waals surface area contributed by atoms with Crippen molar-refractivity contribution in [3.8, 4) is 11.8 Å². The zero-order chi connectivity index (χ0) is 21.1. The number of aliphatic hydroxyl groups excluding tert-OH is 1. The predicted octanol–water partition coefficient (Wildman–Crippen LogP) is 3.24. The van der Waals surface area contributed by atoms with E-state index in [-0.39, 0.29) is 6.04 Å². The Kier molecular flexibility index (Phi) is 6.00. The number of nitrogens with one attached hydrogen (secondary N) is 1. The first-order valence-electron chi connectivity index (χ1n) is 9.75. The lowest BCUT2D eigenvalue weighted by atomic mass is 10.0. The molecule has 2 unspecified atom stereocenters. The van der Waals surface area contributed by atoms with Crippen LogP contribution in [-0.4, -0.2) is 41.2 Å². The Balaban J connectivity index is 1.43. The Labute approximate surface area is 179 Å². The molecule has 1 aliphatic rings. The van der Waals surface area contributed by atoms with E-state index in [2.05, 4.69) is 21.6 Å². The lowest BCUT2D eigenvalue weighted by Gasteiger charge is -2.37. The van der Waals surface area contributed by atoms with Crippen molar-refractivity contribution in [2.24, 2.45) is 0 Å². The molecule has 0 saturated carbocycles. The summed E-state index contributed by atoms with van der Waals surface area (Å²) in [6, 6.07) is 13.4. The minimum atomic E-state index is -0.675. The summed E-state index contributed by atoms with van der Waals surface area (Å²) in [6.45, 7) is 1.31. The van der Waals surface area contributed by atoms with E-state index in [0.29, 0.717) is 41.7 Å². The maximum Gasteiger partial charge on any atom is 0.161 e. The molecule has 1 aliphatic heterocycles. The van der Waals surface area contributed by atoms with Crippen LogP contribution in [0.5, 0.6) is 5.75 Å². The molecule has 0 radical (unpaired) electrons. The van der Waals surface area contributed by atoms with Crippen molar-refractivity contribution in [1.82, 2.24) is 15.5 Å². The average Bonchev–Trinajstić information content (AvgIpc) is 2.77. The second-order valence-electron chi connectivity index (χ2n) is 7.33. The van der Waals surface area contributed by atoms with Gasteiger partial charge in [-0.2, -0.15) is 10.4 Å². The van der Waals surface area contributed by atoms with Gasteiger partial charge in [0.05, 0.1) is 30.0 Å². The van der Waals surface area contributed by atoms with E-state index in [1.54, 1.807) is 25.4 Å². The highest BCUT2D eigenvalue weighted by Gasteiger charge is 2.29. The van der Waals surface area contributed by atoms with Gasteiger partial charge < -0.3 is 20.1 Å². The molecule has 7 nitrogen and oxygen atoms in total. The molecule has 1 aromatic heterocycles. The number of methoxy groups -OCH3 is 1. The summed E-state index contributed by atoms with van der Waals surface area (Å²) < 4.78 is 5.19. The topological polar surface area (TPSA) is 94.3 Å². The monoisotopic (exact) mass is 423 g/mol. The van der Waals surface area contributed by atoms with Gasteiger partial charge in [0.15, 0.2) is 5.82 Å². The number of aliphatic hydroxyl groups is 1. The van der Waals surface area contributed by atoms with Gasteiger partial charge in [-0.1, -0.05) is 17.7 Å². The molecule has 154 valence electrons. The van der Waals surface area contributed by atoms with E-state index in [1.807, 2.05) is 29.2 Å². The van der Waals surface area contributed by atoms with Gasteiger partial charge in [0.25, 0.3) is 0 Å². The van der Waals surface area contributed by atoms with Crippen LogP contribution in [0.3, 0.4) is 0 Å². The molecular formula is C22H22ClN5O2. The predicted molar refractivity (Wildman–Crippen MR) is 115 cm³/mol. The molecule has 1 fully saturated rings. The van der Waals surface area contributed by atoms with Crippen LogP contribution in [0.1, 0.15) is 24.0 Å². The minimum Gasteiger partial charge on any atom is -0.495 e. The van der Waals surface area contributed by atoms with Crippen molar-refractivity contribution in [2.75, 3.05) is 18.6 Å². The van der Waals surface area contributed by atoms with Gasteiger partial charge in [0, 0.05) is 36.3 Å². The van der Waals surface area contributed by atoms with E-state index in [0.717, 1.165) is 22.8 Å². The van der Waals surface area contributed by atoms with Gasteiger partial charge in [-0.25, -0.2) is 0 Å². The van der Waals surface area contributed by atoms with Gasteiger partial charge in [-0.3, -0.25) is 0 Å². The van der Waals surface area contributed by atoms with Crippen LogP contribution >= 0.6 is 11.6 Å². The minimum absolute atomic E-state index is 0.172. The Morgan fingerprint density at radius 3 is 2.93 bits per heavy atom. The molecular weight excluding hydrogens is 402 g/mol. The molecule has 0 spiro atoms. The van der Waals surface area contributed by atoms with Crippen molar-refractivity contribution in [3.63, 3.8) is 0 Å². The fraction of sp³-hybridized carbons (Fsp3) is 0.318. The number of nitriles is 1. The smallest absolute Gasteiger partial charge is 0.161 e. The Bertz CT molecular complexity index is 1100. The fourth-order valence-electron chi connectivity index (χ4n) is 3.81. The first-order valence-corrected chi connectivity index (χ1v) is 10.1. The number of benzene rings is 2. The third kappa shape index (κ3) is 4.17. The number of anilines is 1. The summed E-state index contributed by atoms with van der Waals surface area (Å²) in [6.07, 6.45) is 2.39. The quantitative estimate of drug-likeness (QED) is 0.650. The summed E-state index contributed by atoms with van der Waals surface area (Å²) in [5.41, 5.74) is 1.63. The van der Waals surface area contributed by atoms with Gasteiger partial charge in [-0.05, 0) is 42.3 Å². The van der Waals surface area contributed by atoms with Gasteiger partial charge >= 0.3 is 0 Å². The van der Waals surface area contributed by atoms with Crippen LogP contribution in [0.25, 0.3) is 10.8 Å². The lowest BCUT2D eigenvalue weighted by Crippen LogP contribution is -2.49. The highest BCUT2D eigenvalue weighted by Crippen LogP contribution is 2.29. The number of hydrogen-bond donors (Lipinski definition) is 2. The summed E-state index contributed by atoms with van der Waals surface area (Å²) in [5, 5.41) is 34.0. The van der Waals surface area contributed by atoms with Crippen molar-refractivity contribution in [1.29, 1.82) is 5.26 Å². The molecule has 2 atom stereocenters. The number of aromatic nitrogens is 2. The van der Waals surface area contributed by atoms with Crippen LogP contribution in [0.2, 0.25) is 5.02 Å². The average molecular weight is 424 g/mol. The second-order valence-corrected chi connectivity index (χ2v) is 7.73. The maximum absolute atomic E-state index is 10.8. The van der Waals surface area contributed by atoms with E-state index in [9.17, 15) is 5.11 Å². The number of hydrogen-bond acceptors (Lipinski definition) is 7. The van der Waals surface area contributed by atoms with Gasteiger partial charge in [0.1, 0.15) is 12.0 Å². The summed E-state index contributed by atoms with van der Waals surface area (Å²) in [4.78, 5) is 1.88. The standard InChI is InChI=1S/C22H22ClN5O2/c1-30-20-5-3-15(9-19(20)23)12-25-17-6-7-28(21(29)10-17)22-18-4-2-14(11-24)8-16(18)13-26-27-22/h2-5,8-9,13,17,21,25,29H,6-7,10,12H2,1H3. The molecule has 2 heterocycles. The van der Waals surface area contributed by atoms with Gasteiger partial charge in [-0.15, -0.1) is 5.10 Å². The van der Waals surface area contributed by atoms with Crippen molar-refractivity contribution >= 4 is 28.2 Å². The molecule has 4 rings (SSSR count). The van der Waals surface area contributed by atoms with Crippen LogP contribution in [-0.2, 0) is 6.54 Å². The number of nitrogens with zero attached hydrogens (tertiary/aromatic N) is 4. The second kappa shape index (κ2) is 8.84. The molecule has 8 heteroatoms. The number of piperidine rings is 1. The molecule has 2 aromatic carbocycles.